The molecule has 0 aromatic rings. The number of carbonyl (C=O) groups excluding carboxylic acids is 2. The van der Waals surface area contributed by atoms with Gasteiger partial charge in [0.05, 0.1) is 12.1 Å². The number of hydrogen-bond donors (Lipinski definition) is 2. The van der Waals surface area contributed by atoms with E-state index in [4.69, 9.17) is 0 Å². The Hall–Kier alpha value is -1.89. The van der Waals surface area contributed by atoms with E-state index in [0.717, 1.165) is 25.8 Å². The summed E-state index contributed by atoms with van der Waals surface area (Å²) >= 11 is 0. The van der Waals surface area contributed by atoms with Crippen molar-refractivity contribution in [2.75, 3.05) is 20.6 Å². The number of carboxylic acids is 1. The molecule has 7 heteroatoms. The predicted molar refractivity (Wildman–Crippen MR) is 114 cm³/mol. The zero-order valence-electron chi connectivity index (χ0n) is 19.3. The zero-order valence-corrected chi connectivity index (χ0v) is 19.3. The Kier molecular flexibility index (Phi) is 8.87. The first-order valence-electron chi connectivity index (χ1n) is 10.5. The molecular weight excluding hydrogens is 370 g/mol. The van der Waals surface area contributed by atoms with Crippen LogP contribution >= 0.6 is 0 Å². The number of piperidine rings is 1. The van der Waals surface area contributed by atoms with Gasteiger partial charge in [0.15, 0.2) is 0 Å². The molecule has 0 aromatic heterocycles. The number of likely N-dealkylation sites (tertiary alicyclic amines) is 1. The minimum atomic E-state index is -1.00. The van der Waals surface area contributed by atoms with Crippen molar-refractivity contribution in [3.05, 3.63) is 11.6 Å². The second kappa shape index (κ2) is 10.2. The Morgan fingerprint density at radius 3 is 2.24 bits per heavy atom. The molecule has 1 aliphatic rings. The topological polar surface area (TPSA) is 90.0 Å². The molecule has 3 atom stereocenters. The fourth-order valence-corrected chi connectivity index (χ4v) is 3.72. The third-order valence-corrected chi connectivity index (χ3v) is 5.71. The van der Waals surface area contributed by atoms with Crippen LogP contribution in [0.25, 0.3) is 0 Å². The van der Waals surface area contributed by atoms with E-state index in [1.54, 1.807) is 18.0 Å². The number of nitrogens with zero attached hydrogens (tertiary/aromatic N) is 2. The molecule has 0 aliphatic carbocycles. The largest absolute Gasteiger partial charge is 0.478 e. The highest BCUT2D eigenvalue weighted by molar-refractivity contribution is 5.91. The second-order valence-corrected chi connectivity index (χ2v) is 9.64. The quantitative estimate of drug-likeness (QED) is 0.631. The van der Waals surface area contributed by atoms with Crippen molar-refractivity contribution in [3.63, 3.8) is 0 Å². The number of amides is 2. The smallest absolute Gasteiger partial charge is 0.331 e. The molecule has 1 fully saturated rings. The summed E-state index contributed by atoms with van der Waals surface area (Å²) < 4.78 is 0. The van der Waals surface area contributed by atoms with Crippen molar-refractivity contribution in [3.8, 4) is 0 Å². The van der Waals surface area contributed by atoms with Crippen LogP contribution in [0.3, 0.4) is 0 Å². The average molecular weight is 410 g/mol. The minimum Gasteiger partial charge on any atom is -0.478 e. The van der Waals surface area contributed by atoms with Gasteiger partial charge in [-0.1, -0.05) is 47.1 Å². The summed E-state index contributed by atoms with van der Waals surface area (Å²) in [5.74, 6) is -1.30. The monoisotopic (exact) mass is 409 g/mol. The lowest BCUT2D eigenvalue weighted by Gasteiger charge is -2.39. The molecule has 2 N–H and O–H groups in total. The summed E-state index contributed by atoms with van der Waals surface area (Å²) in [5, 5.41) is 12.2. The highest BCUT2D eigenvalue weighted by Crippen LogP contribution is 2.25. The Labute approximate surface area is 175 Å². The Balaban J connectivity index is 3.10. The van der Waals surface area contributed by atoms with Gasteiger partial charge in [-0.15, -0.1) is 0 Å². The molecule has 1 rings (SSSR count). The van der Waals surface area contributed by atoms with Crippen molar-refractivity contribution in [2.45, 2.75) is 78.9 Å². The molecule has 0 aromatic carbocycles. The van der Waals surface area contributed by atoms with E-state index in [-0.39, 0.29) is 35.4 Å². The summed E-state index contributed by atoms with van der Waals surface area (Å²) in [6.45, 7) is 12.1. The first kappa shape index (κ1) is 25.1. The van der Waals surface area contributed by atoms with E-state index in [0.29, 0.717) is 0 Å². The van der Waals surface area contributed by atoms with Crippen LogP contribution in [0.15, 0.2) is 11.6 Å². The lowest BCUT2D eigenvalue weighted by Crippen LogP contribution is -2.59. The molecule has 2 amide bonds. The summed E-state index contributed by atoms with van der Waals surface area (Å²) in [7, 11) is 3.62. The summed E-state index contributed by atoms with van der Waals surface area (Å²) in [4.78, 5) is 41.2. The summed E-state index contributed by atoms with van der Waals surface area (Å²) in [6, 6.07) is -1.30. The minimum absolute atomic E-state index is 0.0269. The molecule has 1 heterocycles. The SMILES string of the molecule is C/C(=C\[C@@H](C(C)C)N(C)C(=O)[C@@H](NC(=O)[C@H]1CCCCN1C)C(C)(C)C)C(=O)O. The highest BCUT2D eigenvalue weighted by Gasteiger charge is 2.39. The van der Waals surface area contributed by atoms with Crippen LogP contribution in [0.2, 0.25) is 0 Å². The van der Waals surface area contributed by atoms with E-state index in [1.807, 2.05) is 46.6 Å². The first-order chi connectivity index (χ1) is 13.3. The Morgan fingerprint density at radius 1 is 1.21 bits per heavy atom. The maximum Gasteiger partial charge on any atom is 0.331 e. The molecule has 0 spiro atoms. The van der Waals surface area contributed by atoms with E-state index < -0.39 is 17.4 Å². The lowest BCUT2D eigenvalue weighted by molar-refractivity contribution is -0.141. The summed E-state index contributed by atoms with van der Waals surface area (Å²) in [5.41, 5.74) is -0.287. The lowest BCUT2D eigenvalue weighted by atomic mass is 9.84. The number of hydrogen-bond acceptors (Lipinski definition) is 4. The molecule has 0 saturated carbocycles. The van der Waals surface area contributed by atoms with E-state index in [9.17, 15) is 19.5 Å². The van der Waals surface area contributed by atoms with E-state index >= 15 is 0 Å². The van der Waals surface area contributed by atoms with E-state index in [1.165, 1.54) is 6.92 Å². The number of aliphatic carboxylic acids is 1. The van der Waals surface area contributed by atoms with Crippen LogP contribution in [-0.2, 0) is 14.4 Å². The van der Waals surface area contributed by atoms with Crippen molar-refractivity contribution in [2.24, 2.45) is 11.3 Å². The highest BCUT2D eigenvalue weighted by atomic mass is 16.4. The fourth-order valence-electron chi connectivity index (χ4n) is 3.72. The third-order valence-electron chi connectivity index (χ3n) is 5.71. The molecule has 1 saturated heterocycles. The molecule has 0 radical (unpaired) electrons. The molecule has 29 heavy (non-hydrogen) atoms. The standard InChI is InChI=1S/C22H39N3O4/c1-14(2)17(13-15(3)21(28)29)25(8)20(27)18(22(4,5)6)23-19(26)16-11-9-10-12-24(16)7/h13-14,16-18H,9-12H2,1-8H3,(H,23,26)(H,28,29)/b15-13+/t16-,17+,18-/m1/s1. The van der Waals surface area contributed by atoms with Gasteiger partial charge in [-0.3, -0.25) is 14.5 Å². The van der Waals surface area contributed by atoms with E-state index in [2.05, 4.69) is 5.32 Å². The number of carboxylic acid groups (broad SMARTS) is 1. The van der Waals surface area contributed by atoms with Crippen LogP contribution in [0, 0.1) is 11.3 Å². The van der Waals surface area contributed by atoms with Gasteiger partial charge < -0.3 is 15.3 Å². The number of nitrogens with one attached hydrogen (secondary N) is 1. The van der Waals surface area contributed by atoms with Gasteiger partial charge >= 0.3 is 5.97 Å². The maximum absolute atomic E-state index is 13.4. The molecule has 0 unspecified atom stereocenters. The van der Waals surface area contributed by atoms with Gasteiger partial charge in [0.2, 0.25) is 11.8 Å². The van der Waals surface area contributed by atoms with Gasteiger partial charge in [0.25, 0.3) is 0 Å². The van der Waals surface area contributed by atoms with Gasteiger partial charge in [-0.05, 0) is 44.7 Å². The Bertz CT molecular complexity index is 636. The van der Waals surface area contributed by atoms with Gasteiger partial charge in [0.1, 0.15) is 6.04 Å². The van der Waals surface area contributed by atoms with Crippen molar-refractivity contribution in [1.29, 1.82) is 0 Å². The number of likely N-dealkylation sites (N-methyl/N-ethyl adjacent to an activating group) is 2. The van der Waals surface area contributed by atoms with Crippen molar-refractivity contribution >= 4 is 17.8 Å². The van der Waals surface area contributed by atoms with Crippen molar-refractivity contribution < 1.29 is 19.5 Å². The van der Waals surface area contributed by atoms with Crippen LogP contribution < -0.4 is 5.32 Å². The molecule has 166 valence electrons. The van der Waals surface area contributed by atoms with Gasteiger partial charge in [-0.25, -0.2) is 4.79 Å². The van der Waals surface area contributed by atoms with Crippen LogP contribution in [0.4, 0.5) is 0 Å². The molecule has 7 nitrogen and oxygen atoms in total. The summed E-state index contributed by atoms with van der Waals surface area (Å²) in [6.07, 6.45) is 4.49. The van der Waals surface area contributed by atoms with Crippen LogP contribution in [0.1, 0.15) is 60.8 Å². The van der Waals surface area contributed by atoms with Crippen molar-refractivity contribution in [1.82, 2.24) is 15.1 Å². The van der Waals surface area contributed by atoms with Crippen LogP contribution in [-0.4, -0.2) is 71.5 Å². The third kappa shape index (κ3) is 6.84. The van der Waals surface area contributed by atoms with Crippen LogP contribution in [0.5, 0.6) is 0 Å². The van der Waals surface area contributed by atoms with Gasteiger partial charge in [0, 0.05) is 12.6 Å². The Morgan fingerprint density at radius 2 is 1.79 bits per heavy atom. The zero-order chi connectivity index (χ0) is 22.5. The number of carbonyl (C=O) groups is 3. The molecule has 0 bridgehead atoms. The normalized spacial score (nSPS) is 20.9. The number of rotatable bonds is 7. The first-order valence-corrected chi connectivity index (χ1v) is 10.5. The fraction of sp³-hybridized carbons (Fsp3) is 0.773. The predicted octanol–water partition coefficient (Wildman–Crippen LogP) is 2.52. The molecule has 1 aliphatic heterocycles. The average Bonchev–Trinajstić information content (AvgIpc) is 2.61. The van der Waals surface area contributed by atoms with Gasteiger partial charge in [-0.2, -0.15) is 0 Å². The maximum atomic E-state index is 13.4. The second-order valence-electron chi connectivity index (χ2n) is 9.64. The molecular formula is C22H39N3O4.